The molecule has 6 aromatic rings. The van der Waals surface area contributed by atoms with E-state index in [0.29, 0.717) is 0 Å². The van der Waals surface area contributed by atoms with Crippen molar-refractivity contribution in [1.82, 2.24) is 0 Å². The SMILES string of the molecule is c1ccc2cc(Nc3ccc(-c4cccc5oc6ccccc6c45)cc3)ccc2c1. The molecule has 1 heterocycles. The minimum Gasteiger partial charge on any atom is -0.456 e. The van der Waals surface area contributed by atoms with E-state index in [4.69, 9.17) is 4.42 Å². The highest BCUT2D eigenvalue weighted by atomic mass is 16.3. The lowest BCUT2D eigenvalue weighted by Crippen LogP contribution is -1.90. The first kappa shape index (κ1) is 16.9. The number of para-hydroxylation sites is 1. The van der Waals surface area contributed by atoms with Crippen molar-refractivity contribution >= 4 is 44.1 Å². The minimum absolute atomic E-state index is 0.923. The zero-order chi connectivity index (χ0) is 19.9. The average Bonchev–Trinajstić information content (AvgIpc) is 3.18. The standard InChI is InChI=1S/C28H19NO/c1-2-7-21-18-23(17-12-19(21)6-1)29-22-15-13-20(14-16-22)24-9-5-11-27-28(24)25-8-3-4-10-26(25)30-27/h1-18,29H. The summed E-state index contributed by atoms with van der Waals surface area (Å²) in [5, 5.41) is 8.32. The van der Waals surface area contributed by atoms with Gasteiger partial charge in [-0.3, -0.25) is 0 Å². The van der Waals surface area contributed by atoms with Crippen LogP contribution < -0.4 is 5.32 Å². The van der Waals surface area contributed by atoms with Crippen LogP contribution in [-0.4, -0.2) is 0 Å². The molecule has 0 aliphatic rings. The van der Waals surface area contributed by atoms with Gasteiger partial charge >= 0.3 is 0 Å². The van der Waals surface area contributed by atoms with Crippen molar-refractivity contribution in [3.63, 3.8) is 0 Å². The lowest BCUT2D eigenvalue weighted by Gasteiger charge is -2.09. The molecule has 0 aliphatic heterocycles. The molecule has 5 aromatic carbocycles. The number of hydrogen-bond donors (Lipinski definition) is 1. The van der Waals surface area contributed by atoms with Gasteiger partial charge in [-0.1, -0.05) is 72.8 Å². The van der Waals surface area contributed by atoms with Crippen LogP contribution in [-0.2, 0) is 0 Å². The van der Waals surface area contributed by atoms with E-state index >= 15 is 0 Å². The summed E-state index contributed by atoms with van der Waals surface area (Å²) in [5.74, 6) is 0. The largest absolute Gasteiger partial charge is 0.456 e. The van der Waals surface area contributed by atoms with Gasteiger partial charge in [0.15, 0.2) is 0 Å². The van der Waals surface area contributed by atoms with Gasteiger partial charge in [0.1, 0.15) is 11.2 Å². The second-order valence-electron chi connectivity index (χ2n) is 7.54. The molecule has 0 atom stereocenters. The van der Waals surface area contributed by atoms with Gasteiger partial charge in [-0.05, 0) is 58.3 Å². The van der Waals surface area contributed by atoms with E-state index in [2.05, 4.69) is 96.3 Å². The molecule has 0 unspecified atom stereocenters. The third-order valence-electron chi connectivity index (χ3n) is 5.64. The summed E-state index contributed by atoms with van der Waals surface area (Å²) in [6, 6.07) is 37.9. The Morgan fingerprint density at radius 1 is 0.533 bits per heavy atom. The molecule has 0 saturated heterocycles. The Balaban J connectivity index is 1.37. The third-order valence-corrected chi connectivity index (χ3v) is 5.64. The fourth-order valence-electron chi connectivity index (χ4n) is 4.18. The van der Waals surface area contributed by atoms with Crippen LogP contribution in [0.25, 0.3) is 43.8 Å². The summed E-state index contributed by atoms with van der Waals surface area (Å²) < 4.78 is 6.04. The van der Waals surface area contributed by atoms with Gasteiger partial charge < -0.3 is 9.73 Å². The average molecular weight is 385 g/mol. The number of hydrogen-bond acceptors (Lipinski definition) is 2. The Morgan fingerprint density at radius 3 is 2.17 bits per heavy atom. The summed E-state index contributed by atoms with van der Waals surface area (Å²) in [6.45, 7) is 0. The Labute approximate surface area is 174 Å². The number of rotatable bonds is 3. The van der Waals surface area contributed by atoms with Crippen molar-refractivity contribution in [1.29, 1.82) is 0 Å². The molecular formula is C28H19NO. The van der Waals surface area contributed by atoms with Gasteiger partial charge in [0.05, 0.1) is 0 Å². The topological polar surface area (TPSA) is 25.2 Å². The van der Waals surface area contributed by atoms with Crippen LogP contribution in [0.4, 0.5) is 11.4 Å². The monoisotopic (exact) mass is 385 g/mol. The number of benzene rings is 5. The van der Waals surface area contributed by atoms with Gasteiger partial charge in [0.25, 0.3) is 0 Å². The van der Waals surface area contributed by atoms with E-state index in [1.807, 2.05) is 18.2 Å². The van der Waals surface area contributed by atoms with Crippen molar-refractivity contribution < 1.29 is 4.42 Å². The molecular weight excluding hydrogens is 366 g/mol. The fraction of sp³-hybridized carbons (Fsp3) is 0. The van der Waals surface area contributed by atoms with Gasteiger partial charge in [0.2, 0.25) is 0 Å². The molecule has 0 aliphatic carbocycles. The lowest BCUT2D eigenvalue weighted by atomic mass is 9.99. The summed E-state index contributed by atoms with van der Waals surface area (Å²) in [6.07, 6.45) is 0. The van der Waals surface area contributed by atoms with Crippen LogP contribution in [0.5, 0.6) is 0 Å². The molecule has 1 N–H and O–H groups in total. The van der Waals surface area contributed by atoms with Crippen LogP contribution in [0.3, 0.4) is 0 Å². The van der Waals surface area contributed by atoms with Crippen molar-refractivity contribution in [3.8, 4) is 11.1 Å². The highest BCUT2D eigenvalue weighted by molar-refractivity contribution is 6.12. The summed E-state index contributed by atoms with van der Waals surface area (Å²) >= 11 is 0. The molecule has 0 spiro atoms. The van der Waals surface area contributed by atoms with E-state index in [-0.39, 0.29) is 0 Å². The van der Waals surface area contributed by atoms with Crippen LogP contribution in [0.15, 0.2) is 114 Å². The van der Waals surface area contributed by atoms with Crippen molar-refractivity contribution in [2.45, 2.75) is 0 Å². The molecule has 0 radical (unpaired) electrons. The van der Waals surface area contributed by atoms with Gasteiger partial charge in [-0.2, -0.15) is 0 Å². The lowest BCUT2D eigenvalue weighted by molar-refractivity contribution is 0.669. The predicted octanol–water partition coefficient (Wildman–Crippen LogP) is 8.15. The maximum Gasteiger partial charge on any atom is 0.136 e. The smallest absolute Gasteiger partial charge is 0.136 e. The molecule has 0 fully saturated rings. The molecule has 2 nitrogen and oxygen atoms in total. The second-order valence-corrected chi connectivity index (χ2v) is 7.54. The van der Waals surface area contributed by atoms with Gasteiger partial charge in [-0.25, -0.2) is 0 Å². The Hall–Kier alpha value is -4.04. The Morgan fingerprint density at radius 2 is 1.27 bits per heavy atom. The molecule has 0 amide bonds. The van der Waals surface area contributed by atoms with E-state index in [0.717, 1.165) is 27.9 Å². The van der Waals surface area contributed by atoms with Gasteiger partial charge in [0, 0.05) is 22.1 Å². The van der Waals surface area contributed by atoms with E-state index in [1.54, 1.807) is 0 Å². The van der Waals surface area contributed by atoms with Gasteiger partial charge in [-0.15, -0.1) is 0 Å². The highest BCUT2D eigenvalue weighted by Gasteiger charge is 2.11. The van der Waals surface area contributed by atoms with Crippen LogP contribution in [0.2, 0.25) is 0 Å². The first-order chi connectivity index (χ1) is 14.8. The molecule has 0 bridgehead atoms. The summed E-state index contributed by atoms with van der Waals surface area (Å²) in [5.41, 5.74) is 6.37. The third kappa shape index (κ3) is 2.82. The number of fused-ring (bicyclic) bond motifs is 4. The number of nitrogens with one attached hydrogen (secondary N) is 1. The van der Waals surface area contributed by atoms with E-state index < -0.39 is 0 Å². The molecule has 2 heteroatoms. The fourth-order valence-corrected chi connectivity index (χ4v) is 4.18. The molecule has 6 rings (SSSR count). The van der Waals surface area contributed by atoms with E-state index in [9.17, 15) is 0 Å². The van der Waals surface area contributed by atoms with Crippen LogP contribution in [0, 0.1) is 0 Å². The maximum atomic E-state index is 6.04. The van der Waals surface area contributed by atoms with Crippen molar-refractivity contribution in [3.05, 3.63) is 109 Å². The highest BCUT2D eigenvalue weighted by Crippen LogP contribution is 2.36. The molecule has 142 valence electrons. The van der Waals surface area contributed by atoms with Crippen molar-refractivity contribution in [2.24, 2.45) is 0 Å². The zero-order valence-corrected chi connectivity index (χ0v) is 16.3. The Kier molecular flexibility index (Phi) is 3.82. The Bertz CT molecular complexity index is 1510. The summed E-state index contributed by atoms with van der Waals surface area (Å²) in [7, 11) is 0. The summed E-state index contributed by atoms with van der Waals surface area (Å²) in [4.78, 5) is 0. The van der Waals surface area contributed by atoms with Crippen LogP contribution >= 0.6 is 0 Å². The number of anilines is 2. The molecule has 30 heavy (non-hydrogen) atoms. The first-order valence-electron chi connectivity index (χ1n) is 10.1. The predicted molar refractivity (Wildman–Crippen MR) is 126 cm³/mol. The minimum atomic E-state index is 0.923. The first-order valence-corrected chi connectivity index (χ1v) is 10.1. The van der Waals surface area contributed by atoms with Crippen LogP contribution in [0.1, 0.15) is 0 Å². The quantitative estimate of drug-likeness (QED) is 0.332. The normalized spacial score (nSPS) is 11.3. The second kappa shape index (κ2) is 6.78. The molecule has 0 saturated carbocycles. The van der Waals surface area contributed by atoms with E-state index in [1.165, 1.54) is 27.3 Å². The van der Waals surface area contributed by atoms with Crippen molar-refractivity contribution in [2.75, 3.05) is 5.32 Å². The molecule has 1 aromatic heterocycles. The maximum absolute atomic E-state index is 6.04. The number of furan rings is 1. The zero-order valence-electron chi connectivity index (χ0n) is 16.3.